The van der Waals surface area contributed by atoms with Crippen molar-refractivity contribution in [2.45, 2.75) is 77.6 Å². The number of fused-ring (bicyclic) bond motifs is 2. The zero-order valence-electron chi connectivity index (χ0n) is 15.1. The molecule has 0 amide bonds. The van der Waals surface area contributed by atoms with Crippen molar-refractivity contribution in [2.24, 2.45) is 16.7 Å². The molecule has 0 aromatic heterocycles. The Morgan fingerprint density at radius 3 is 2.52 bits per heavy atom. The van der Waals surface area contributed by atoms with Gasteiger partial charge in [0.15, 0.2) is 4.93 Å². The number of sulfonamides is 1. The molecule has 1 saturated heterocycles. The number of allylic oxidation sites excluding steroid dienone is 2. The summed E-state index contributed by atoms with van der Waals surface area (Å²) in [7, 11) is -3.74. The molecule has 2 bridgehead atoms. The van der Waals surface area contributed by atoms with Crippen molar-refractivity contribution in [3.8, 4) is 0 Å². The molecule has 1 aliphatic carbocycles. The number of rotatable bonds is 6. The molecule has 4 nitrogen and oxygen atoms in total. The van der Waals surface area contributed by atoms with Crippen LogP contribution in [0.5, 0.6) is 0 Å². The minimum Gasteiger partial charge on any atom is -0.373 e. The molecule has 0 aromatic rings. The SMILES string of the molecule is CCCC=CCCCC1(O)C2(C)CCC(CNS1(=O)=O)C2(C)C. The predicted molar refractivity (Wildman–Crippen MR) is 94.4 cm³/mol. The number of unbranched alkanes of at least 4 members (excludes halogenated alkanes) is 2. The van der Waals surface area contributed by atoms with E-state index in [2.05, 4.69) is 37.6 Å². The maximum atomic E-state index is 12.8. The van der Waals surface area contributed by atoms with Gasteiger partial charge >= 0.3 is 0 Å². The normalized spacial score (nSPS) is 38.7. The van der Waals surface area contributed by atoms with E-state index in [1.54, 1.807) is 0 Å². The van der Waals surface area contributed by atoms with Crippen LogP contribution in [0.3, 0.4) is 0 Å². The second-order valence-corrected chi connectivity index (χ2v) is 10.0. The molecule has 134 valence electrons. The summed E-state index contributed by atoms with van der Waals surface area (Å²) in [5.74, 6) is 0.292. The van der Waals surface area contributed by atoms with Crippen molar-refractivity contribution in [3.05, 3.63) is 12.2 Å². The number of hydrogen-bond acceptors (Lipinski definition) is 3. The van der Waals surface area contributed by atoms with E-state index in [-0.39, 0.29) is 5.41 Å². The van der Waals surface area contributed by atoms with E-state index in [0.717, 1.165) is 32.1 Å². The van der Waals surface area contributed by atoms with Crippen molar-refractivity contribution in [1.82, 2.24) is 4.72 Å². The van der Waals surface area contributed by atoms with Gasteiger partial charge in [-0.25, -0.2) is 13.1 Å². The van der Waals surface area contributed by atoms with Crippen LogP contribution in [0.1, 0.15) is 72.6 Å². The second kappa shape index (κ2) is 6.49. The standard InChI is InChI=1S/C18H33NO3S/c1-5-6-7-8-9-10-12-18(20)17(4)13-11-15(16(17,2)3)14-19-23(18,21)22/h7-8,15,19-20H,5-6,9-14H2,1-4H3. The van der Waals surface area contributed by atoms with Gasteiger partial charge in [-0.15, -0.1) is 0 Å². The average Bonchev–Trinajstić information content (AvgIpc) is 2.69. The quantitative estimate of drug-likeness (QED) is 0.572. The van der Waals surface area contributed by atoms with Crippen LogP contribution in [-0.2, 0) is 10.0 Å². The van der Waals surface area contributed by atoms with Crippen LogP contribution in [-0.4, -0.2) is 25.0 Å². The molecular formula is C18H33NO3S. The van der Waals surface area contributed by atoms with Gasteiger partial charge in [0, 0.05) is 12.0 Å². The van der Waals surface area contributed by atoms with Crippen LogP contribution in [0.15, 0.2) is 12.2 Å². The minimum absolute atomic E-state index is 0.198. The number of hydrogen-bond donors (Lipinski definition) is 2. The minimum atomic E-state index is -3.74. The number of nitrogens with one attached hydrogen (secondary N) is 1. The Balaban J connectivity index is 2.24. The van der Waals surface area contributed by atoms with Gasteiger partial charge in [0.2, 0.25) is 10.0 Å². The van der Waals surface area contributed by atoms with Crippen molar-refractivity contribution < 1.29 is 13.5 Å². The molecule has 23 heavy (non-hydrogen) atoms. The Hall–Kier alpha value is -0.390. The Morgan fingerprint density at radius 2 is 1.87 bits per heavy atom. The molecule has 2 fully saturated rings. The van der Waals surface area contributed by atoms with Crippen LogP contribution < -0.4 is 4.72 Å². The monoisotopic (exact) mass is 343 g/mol. The van der Waals surface area contributed by atoms with Gasteiger partial charge in [-0.05, 0) is 49.9 Å². The Morgan fingerprint density at radius 1 is 1.22 bits per heavy atom. The first-order valence-electron chi connectivity index (χ1n) is 8.99. The summed E-state index contributed by atoms with van der Waals surface area (Å²) in [4.78, 5) is -1.69. The topological polar surface area (TPSA) is 66.4 Å². The van der Waals surface area contributed by atoms with Crippen LogP contribution in [0, 0.1) is 16.7 Å². The highest BCUT2D eigenvalue weighted by molar-refractivity contribution is 7.90. The fourth-order valence-electron chi connectivity index (χ4n) is 4.55. The summed E-state index contributed by atoms with van der Waals surface area (Å²) in [6.07, 6.45) is 9.97. The van der Waals surface area contributed by atoms with Crippen molar-refractivity contribution in [2.75, 3.05) is 6.54 Å². The molecule has 2 rings (SSSR count). The maximum absolute atomic E-state index is 12.8. The van der Waals surface area contributed by atoms with Crippen molar-refractivity contribution >= 4 is 10.0 Å². The van der Waals surface area contributed by atoms with E-state index in [1.807, 2.05) is 6.92 Å². The third-order valence-electron chi connectivity index (χ3n) is 6.77. The van der Waals surface area contributed by atoms with Gasteiger partial charge in [-0.1, -0.05) is 46.3 Å². The lowest BCUT2D eigenvalue weighted by atomic mass is 9.62. The first kappa shape index (κ1) is 18.9. The van der Waals surface area contributed by atoms with Gasteiger partial charge < -0.3 is 5.11 Å². The molecule has 2 aliphatic rings. The lowest BCUT2D eigenvalue weighted by Crippen LogP contribution is -2.58. The molecule has 1 heterocycles. The predicted octanol–water partition coefficient (Wildman–Crippen LogP) is 3.58. The zero-order valence-corrected chi connectivity index (χ0v) is 15.9. The van der Waals surface area contributed by atoms with Gasteiger partial charge in [0.1, 0.15) is 0 Å². The maximum Gasteiger partial charge on any atom is 0.242 e. The highest BCUT2D eigenvalue weighted by atomic mass is 32.2. The summed E-state index contributed by atoms with van der Waals surface area (Å²) in [5, 5.41) is 11.4. The van der Waals surface area contributed by atoms with Crippen LogP contribution in [0.4, 0.5) is 0 Å². The largest absolute Gasteiger partial charge is 0.373 e. The molecule has 5 heteroatoms. The molecule has 0 radical (unpaired) electrons. The third-order valence-corrected chi connectivity index (χ3v) is 8.86. The fourth-order valence-corrected chi connectivity index (χ4v) is 6.58. The van der Waals surface area contributed by atoms with E-state index in [4.69, 9.17) is 0 Å². The van der Waals surface area contributed by atoms with E-state index in [1.165, 1.54) is 0 Å². The van der Waals surface area contributed by atoms with Crippen molar-refractivity contribution in [3.63, 3.8) is 0 Å². The van der Waals surface area contributed by atoms with E-state index >= 15 is 0 Å². The average molecular weight is 344 g/mol. The Bertz CT molecular complexity index is 555. The summed E-state index contributed by atoms with van der Waals surface area (Å²) < 4.78 is 28.3. The van der Waals surface area contributed by atoms with E-state index < -0.39 is 20.4 Å². The Kier molecular flexibility index (Phi) is 5.34. The lowest BCUT2D eigenvalue weighted by Gasteiger charge is -2.49. The summed E-state index contributed by atoms with van der Waals surface area (Å²) in [6, 6.07) is 0. The number of aliphatic hydroxyl groups is 1. The lowest BCUT2D eigenvalue weighted by molar-refractivity contribution is -0.0738. The molecule has 3 unspecified atom stereocenters. The van der Waals surface area contributed by atoms with Crippen LogP contribution in [0.2, 0.25) is 0 Å². The molecule has 0 spiro atoms. The first-order chi connectivity index (χ1) is 10.6. The van der Waals surface area contributed by atoms with Crippen LogP contribution >= 0.6 is 0 Å². The van der Waals surface area contributed by atoms with Crippen molar-refractivity contribution in [1.29, 1.82) is 0 Å². The zero-order chi connectivity index (χ0) is 17.4. The second-order valence-electron chi connectivity index (χ2n) is 8.08. The summed E-state index contributed by atoms with van der Waals surface area (Å²) in [5.41, 5.74) is -0.809. The Labute approximate surface area is 141 Å². The van der Waals surface area contributed by atoms with Gasteiger partial charge in [0.25, 0.3) is 0 Å². The highest BCUT2D eigenvalue weighted by Crippen LogP contribution is 2.64. The van der Waals surface area contributed by atoms with Gasteiger partial charge in [-0.3, -0.25) is 0 Å². The van der Waals surface area contributed by atoms with E-state index in [0.29, 0.717) is 25.3 Å². The molecule has 1 saturated carbocycles. The summed E-state index contributed by atoms with van der Waals surface area (Å²) in [6.45, 7) is 8.81. The van der Waals surface area contributed by atoms with Gasteiger partial charge in [-0.2, -0.15) is 0 Å². The smallest absolute Gasteiger partial charge is 0.242 e. The van der Waals surface area contributed by atoms with E-state index in [9.17, 15) is 13.5 Å². The third kappa shape index (κ3) is 2.89. The molecule has 1 aliphatic heterocycles. The highest BCUT2D eigenvalue weighted by Gasteiger charge is 2.67. The van der Waals surface area contributed by atoms with Gasteiger partial charge in [0.05, 0.1) is 0 Å². The molecule has 2 N–H and O–H groups in total. The molecular weight excluding hydrogens is 310 g/mol. The molecule has 0 aromatic carbocycles. The van der Waals surface area contributed by atoms with Crippen LogP contribution in [0.25, 0.3) is 0 Å². The summed E-state index contributed by atoms with van der Waals surface area (Å²) >= 11 is 0. The fraction of sp³-hybridized carbons (Fsp3) is 0.889. The first-order valence-corrected chi connectivity index (χ1v) is 10.5. The molecule has 3 atom stereocenters.